The molecule has 1 aliphatic carbocycles. The van der Waals surface area contributed by atoms with Gasteiger partial charge in [0.2, 0.25) is 5.91 Å². The van der Waals surface area contributed by atoms with Gasteiger partial charge in [-0.2, -0.15) is 5.10 Å². The maximum absolute atomic E-state index is 12.1. The van der Waals surface area contributed by atoms with Crippen LogP contribution >= 0.6 is 11.6 Å². The van der Waals surface area contributed by atoms with Crippen LogP contribution in [0.1, 0.15) is 36.1 Å². The van der Waals surface area contributed by atoms with Gasteiger partial charge >= 0.3 is 0 Å². The lowest BCUT2D eigenvalue weighted by atomic mass is 9.77. The first-order valence-electron chi connectivity index (χ1n) is 7.87. The molecule has 0 spiro atoms. The van der Waals surface area contributed by atoms with E-state index < -0.39 is 0 Å². The van der Waals surface area contributed by atoms with Crippen molar-refractivity contribution < 1.29 is 4.79 Å². The van der Waals surface area contributed by atoms with Crippen LogP contribution in [0, 0.1) is 5.92 Å². The normalized spacial score (nSPS) is 22.3. The molecule has 3 nitrogen and oxygen atoms in total. The van der Waals surface area contributed by atoms with Gasteiger partial charge in [0, 0.05) is 23.4 Å². The number of aryl methyl sites for hydroxylation is 1. The third kappa shape index (κ3) is 2.36. The fourth-order valence-electron chi connectivity index (χ4n) is 3.72. The fraction of sp³-hybridized carbons (Fsp3) is 0.263. The van der Waals surface area contributed by atoms with Crippen LogP contribution in [0.3, 0.4) is 0 Å². The van der Waals surface area contributed by atoms with E-state index in [1.807, 2.05) is 30.3 Å². The monoisotopic (exact) mass is 324 g/mol. The van der Waals surface area contributed by atoms with E-state index in [2.05, 4.69) is 18.2 Å². The molecule has 1 amide bonds. The number of rotatable bonds is 1. The van der Waals surface area contributed by atoms with Gasteiger partial charge in [-0.1, -0.05) is 48.0 Å². The van der Waals surface area contributed by atoms with Crippen molar-refractivity contribution in [2.75, 3.05) is 0 Å². The van der Waals surface area contributed by atoms with Gasteiger partial charge in [0.05, 0.1) is 11.8 Å². The molecule has 2 aromatic rings. The summed E-state index contributed by atoms with van der Waals surface area (Å²) in [5.74, 6) is 0.222. The van der Waals surface area contributed by atoms with E-state index in [9.17, 15) is 4.79 Å². The molecule has 4 rings (SSSR count). The zero-order chi connectivity index (χ0) is 16.0. The number of nitrogens with zero attached hydrogens (tertiary/aromatic N) is 2. The quantitative estimate of drug-likeness (QED) is 0.773. The van der Waals surface area contributed by atoms with Crippen LogP contribution < -0.4 is 0 Å². The average molecular weight is 325 g/mol. The van der Waals surface area contributed by atoms with E-state index in [0.29, 0.717) is 5.02 Å². The molecule has 0 bridgehead atoms. The highest BCUT2D eigenvalue weighted by Gasteiger charge is 2.42. The molecule has 116 valence electrons. The topological polar surface area (TPSA) is 32.7 Å². The van der Waals surface area contributed by atoms with Crippen molar-refractivity contribution in [2.45, 2.75) is 25.8 Å². The fourth-order valence-corrected chi connectivity index (χ4v) is 3.85. The van der Waals surface area contributed by atoms with Crippen molar-refractivity contribution in [2.24, 2.45) is 11.0 Å². The molecule has 0 aromatic heterocycles. The number of fused-ring (bicyclic) bond motifs is 3. The second-order valence-corrected chi connectivity index (χ2v) is 6.58. The molecular formula is C19H17ClN2O. The average Bonchev–Trinajstić information content (AvgIpc) is 2.96. The lowest BCUT2D eigenvalue weighted by Gasteiger charge is -2.29. The lowest BCUT2D eigenvalue weighted by molar-refractivity contribution is -0.131. The van der Waals surface area contributed by atoms with Crippen LogP contribution in [0.15, 0.2) is 53.6 Å². The van der Waals surface area contributed by atoms with Crippen molar-refractivity contribution in [3.8, 4) is 0 Å². The molecule has 0 saturated heterocycles. The molecule has 0 unspecified atom stereocenters. The zero-order valence-corrected chi connectivity index (χ0v) is 13.6. The number of hydrogen-bond acceptors (Lipinski definition) is 2. The summed E-state index contributed by atoms with van der Waals surface area (Å²) in [7, 11) is 0. The summed E-state index contributed by atoms with van der Waals surface area (Å²) in [6, 6.07) is 16.1. The van der Waals surface area contributed by atoms with Gasteiger partial charge in [-0.05, 0) is 36.1 Å². The summed E-state index contributed by atoms with van der Waals surface area (Å²) in [6.45, 7) is 1.58. The second kappa shape index (κ2) is 5.50. The number of benzene rings is 2. The third-order valence-electron chi connectivity index (χ3n) is 4.76. The smallest absolute Gasteiger partial charge is 0.240 e. The van der Waals surface area contributed by atoms with Crippen molar-refractivity contribution >= 4 is 23.2 Å². The van der Waals surface area contributed by atoms with Gasteiger partial charge in [0.15, 0.2) is 0 Å². The Labute approximate surface area is 140 Å². The number of hydrazone groups is 1. The number of carbonyl (C=O) groups is 1. The van der Waals surface area contributed by atoms with Crippen LogP contribution in [-0.2, 0) is 11.2 Å². The van der Waals surface area contributed by atoms with Gasteiger partial charge in [0.25, 0.3) is 0 Å². The van der Waals surface area contributed by atoms with Crippen LogP contribution in [-0.4, -0.2) is 16.6 Å². The Morgan fingerprint density at radius 1 is 1.17 bits per heavy atom. The van der Waals surface area contributed by atoms with Crippen molar-refractivity contribution in [1.29, 1.82) is 0 Å². The molecule has 0 radical (unpaired) electrons. The van der Waals surface area contributed by atoms with Crippen molar-refractivity contribution in [1.82, 2.24) is 5.01 Å². The minimum atomic E-state index is -0.0341. The first-order valence-corrected chi connectivity index (χ1v) is 8.25. The summed E-state index contributed by atoms with van der Waals surface area (Å²) in [5.41, 5.74) is 4.64. The Balaban J connectivity index is 1.80. The Hall–Kier alpha value is -2.13. The van der Waals surface area contributed by atoms with E-state index in [0.717, 1.165) is 24.1 Å². The molecule has 2 atom stereocenters. The molecule has 1 heterocycles. The Kier molecular flexibility index (Phi) is 3.46. The largest absolute Gasteiger partial charge is 0.273 e. The van der Waals surface area contributed by atoms with Gasteiger partial charge in [-0.25, -0.2) is 5.01 Å². The van der Waals surface area contributed by atoms with Gasteiger partial charge in [0.1, 0.15) is 0 Å². The molecule has 2 aliphatic rings. The van der Waals surface area contributed by atoms with Gasteiger partial charge in [-0.3, -0.25) is 4.79 Å². The third-order valence-corrected chi connectivity index (χ3v) is 5.02. The highest BCUT2D eigenvalue weighted by Crippen LogP contribution is 2.43. The summed E-state index contributed by atoms with van der Waals surface area (Å²) in [5, 5.41) is 7.05. The first-order chi connectivity index (χ1) is 11.1. The van der Waals surface area contributed by atoms with E-state index in [-0.39, 0.29) is 17.9 Å². The standard InChI is InChI=1S/C19H17ClN2O/c1-12(23)22-19(14-6-9-15(20)10-7-14)17-11-8-13-4-2-3-5-16(13)18(17)21-22/h2-7,9-10,17,19H,8,11H2,1H3/t17-,19+/m0/s1. The SMILES string of the molecule is CC(=O)N1N=C2c3ccccc3CC[C@@H]2[C@H]1c1ccc(Cl)cc1. The Morgan fingerprint density at radius 3 is 2.65 bits per heavy atom. The molecule has 0 N–H and O–H groups in total. The van der Waals surface area contributed by atoms with E-state index in [1.54, 1.807) is 11.9 Å². The molecule has 1 aliphatic heterocycles. The minimum absolute atomic E-state index is 0.0238. The maximum atomic E-state index is 12.1. The van der Waals surface area contributed by atoms with Gasteiger partial charge in [-0.15, -0.1) is 0 Å². The van der Waals surface area contributed by atoms with E-state index >= 15 is 0 Å². The summed E-state index contributed by atoms with van der Waals surface area (Å²) < 4.78 is 0. The zero-order valence-electron chi connectivity index (χ0n) is 12.9. The molecule has 0 fully saturated rings. The first kappa shape index (κ1) is 14.5. The maximum Gasteiger partial charge on any atom is 0.240 e. The predicted molar refractivity (Wildman–Crippen MR) is 91.5 cm³/mol. The van der Waals surface area contributed by atoms with Crippen LogP contribution in [0.2, 0.25) is 5.02 Å². The minimum Gasteiger partial charge on any atom is -0.273 e. The number of hydrogen-bond donors (Lipinski definition) is 0. The molecule has 23 heavy (non-hydrogen) atoms. The second-order valence-electron chi connectivity index (χ2n) is 6.15. The van der Waals surface area contributed by atoms with Crippen LogP contribution in [0.5, 0.6) is 0 Å². The number of amides is 1. The molecular weight excluding hydrogens is 308 g/mol. The van der Waals surface area contributed by atoms with Gasteiger partial charge < -0.3 is 0 Å². The van der Waals surface area contributed by atoms with Crippen LogP contribution in [0.25, 0.3) is 0 Å². The summed E-state index contributed by atoms with van der Waals surface area (Å²) >= 11 is 6.01. The predicted octanol–water partition coefficient (Wildman–Crippen LogP) is 4.21. The molecule has 2 aromatic carbocycles. The van der Waals surface area contributed by atoms with Crippen molar-refractivity contribution in [3.05, 3.63) is 70.2 Å². The Morgan fingerprint density at radius 2 is 1.91 bits per heavy atom. The summed E-state index contributed by atoms with van der Waals surface area (Å²) in [6.07, 6.45) is 2.03. The van der Waals surface area contributed by atoms with Crippen LogP contribution in [0.4, 0.5) is 0 Å². The van der Waals surface area contributed by atoms with Crippen molar-refractivity contribution in [3.63, 3.8) is 0 Å². The van der Waals surface area contributed by atoms with E-state index in [4.69, 9.17) is 16.7 Å². The highest BCUT2D eigenvalue weighted by atomic mass is 35.5. The Bertz CT molecular complexity index is 797. The molecule has 4 heteroatoms. The summed E-state index contributed by atoms with van der Waals surface area (Å²) in [4.78, 5) is 12.1. The molecule has 0 saturated carbocycles. The number of halogens is 1. The highest BCUT2D eigenvalue weighted by molar-refractivity contribution is 6.30. The number of carbonyl (C=O) groups excluding carboxylic acids is 1. The van der Waals surface area contributed by atoms with E-state index in [1.165, 1.54) is 11.1 Å². The lowest BCUT2D eigenvalue weighted by Crippen LogP contribution is -2.30.